The number of ether oxygens (including phenoxy) is 1. The van der Waals surface area contributed by atoms with Gasteiger partial charge in [-0.05, 0) is 31.0 Å². The highest BCUT2D eigenvalue weighted by molar-refractivity contribution is 5.86. The van der Waals surface area contributed by atoms with Crippen molar-refractivity contribution in [1.29, 1.82) is 0 Å². The van der Waals surface area contributed by atoms with E-state index in [0.29, 0.717) is 37.2 Å². The van der Waals surface area contributed by atoms with Gasteiger partial charge in [0.25, 0.3) is 5.91 Å². The second-order valence-corrected chi connectivity index (χ2v) is 6.85. The first kappa shape index (κ1) is 18.1. The average molecular weight is 351 g/mol. The summed E-state index contributed by atoms with van der Waals surface area (Å²) in [7, 11) is 1.52. The smallest absolute Gasteiger partial charge is 0.256 e. The van der Waals surface area contributed by atoms with Crippen LogP contribution in [0.4, 0.5) is 4.39 Å². The molecular formula is C18H26FN3O3. The van der Waals surface area contributed by atoms with Crippen molar-refractivity contribution in [2.45, 2.75) is 25.0 Å². The molecule has 25 heavy (non-hydrogen) atoms. The standard InChI is InChI=1S/C18H26FN3O3/c1-25-15-3-4-16(19)14(11-15)12-22-8-2-5-18(24,17(22)23)13-21-9-6-20-7-10-21/h3-4,11,20,24H,2,5-10,12-13H2,1H3/t18-/m0/s1. The van der Waals surface area contributed by atoms with Crippen LogP contribution in [0.5, 0.6) is 5.75 Å². The number of nitrogens with zero attached hydrogens (tertiary/aromatic N) is 2. The Kier molecular flexibility index (Phi) is 5.56. The summed E-state index contributed by atoms with van der Waals surface area (Å²) in [5.74, 6) is -0.124. The third-order valence-electron chi connectivity index (χ3n) is 5.01. The summed E-state index contributed by atoms with van der Waals surface area (Å²) >= 11 is 0. The first-order valence-electron chi connectivity index (χ1n) is 8.79. The highest BCUT2D eigenvalue weighted by Gasteiger charge is 2.43. The Morgan fingerprint density at radius 2 is 2.08 bits per heavy atom. The number of carbonyl (C=O) groups is 1. The number of halogens is 1. The minimum atomic E-state index is -1.38. The van der Waals surface area contributed by atoms with E-state index < -0.39 is 5.60 Å². The second kappa shape index (κ2) is 7.68. The Morgan fingerprint density at radius 3 is 2.80 bits per heavy atom. The molecule has 2 saturated heterocycles. The quantitative estimate of drug-likeness (QED) is 0.813. The lowest BCUT2D eigenvalue weighted by Crippen LogP contribution is -2.60. The van der Waals surface area contributed by atoms with Crippen molar-refractivity contribution in [3.05, 3.63) is 29.6 Å². The van der Waals surface area contributed by atoms with Crippen LogP contribution in [0.2, 0.25) is 0 Å². The lowest BCUT2D eigenvalue weighted by Gasteiger charge is -2.41. The van der Waals surface area contributed by atoms with Gasteiger partial charge in [-0.25, -0.2) is 4.39 Å². The molecule has 0 aromatic heterocycles. The number of amides is 1. The number of methoxy groups -OCH3 is 1. The number of benzene rings is 1. The van der Waals surface area contributed by atoms with Crippen molar-refractivity contribution in [3.8, 4) is 5.75 Å². The number of piperidine rings is 1. The van der Waals surface area contributed by atoms with Gasteiger partial charge in [0.15, 0.2) is 5.60 Å². The zero-order valence-electron chi connectivity index (χ0n) is 14.6. The molecule has 0 spiro atoms. The van der Waals surface area contributed by atoms with E-state index >= 15 is 0 Å². The molecule has 0 saturated carbocycles. The van der Waals surface area contributed by atoms with Crippen LogP contribution >= 0.6 is 0 Å². The van der Waals surface area contributed by atoms with Gasteiger partial charge in [-0.15, -0.1) is 0 Å². The Labute approximate surface area is 147 Å². The number of carbonyl (C=O) groups excluding carboxylic acids is 1. The molecule has 2 fully saturated rings. The fourth-order valence-corrected chi connectivity index (χ4v) is 3.61. The van der Waals surface area contributed by atoms with E-state index in [9.17, 15) is 14.3 Å². The number of β-amino-alcohol motifs (C(OH)–C–C–N with tert-alkyl or cyclic N) is 1. The fourth-order valence-electron chi connectivity index (χ4n) is 3.61. The van der Waals surface area contributed by atoms with Crippen molar-refractivity contribution >= 4 is 5.91 Å². The maximum absolute atomic E-state index is 14.1. The zero-order valence-corrected chi connectivity index (χ0v) is 14.6. The highest BCUT2D eigenvalue weighted by Crippen LogP contribution is 2.27. The molecule has 1 amide bonds. The SMILES string of the molecule is COc1ccc(F)c(CN2CCC[C@](O)(CN3CCNCC3)C2=O)c1. The molecular weight excluding hydrogens is 325 g/mol. The molecule has 1 aromatic rings. The van der Waals surface area contributed by atoms with Gasteiger partial charge in [-0.2, -0.15) is 0 Å². The lowest BCUT2D eigenvalue weighted by atomic mass is 9.90. The number of likely N-dealkylation sites (tertiary alicyclic amines) is 1. The van der Waals surface area contributed by atoms with Gasteiger partial charge < -0.3 is 20.1 Å². The molecule has 2 aliphatic heterocycles. The lowest BCUT2D eigenvalue weighted by molar-refractivity contribution is -0.160. The molecule has 0 radical (unpaired) electrons. The second-order valence-electron chi connectivity index (χ2n) is 6.85. The topological polar surface area (TPSA) is 65.0 Å². The summed E-state index contributed by atoms with van der Waals surface area (Å²) in [5, 5.41) is 14.2. The van der Waals surface area contributed by atoms with E-state index in [1.807, 2.05) is 0 Å². The molecule has 3 rings (SSSR count). The number of rotatable bonds is 5. The maximum Gasteiger partial charge on any atom is 0.256 e. The monoisotopic (exact) mass is 351 g/mol. The summed E-state index contributed by atoms with van der Waals surface area (Å²) in [6, 6.07) is 4.50. The predicted octanol–water partition coefficient (Wildman–Crippen LogP) is 0.593. The summed E-state index contributed by atoms with van der Waals surface area (Å²) < 4.78 is 19.2. The van der Waals surface area contributed by atoms with Crippen molar-refractivity contribution in [3.63, 3.8) is 0 Å². The van der Waals surface area contributed by atoms with Crippen LogP contribution in [0.25, 0.3) is 0 Å². The molecule has 0 aliphatic carbocycles. The van der Waals surface area contributed by atoms with Gasteiger partial charge in [0, 0.05) is 51.4 Å². The number of nitrogens with one attached hydrogen (secondary N) is 1. The van der Waals surface area contributed by atoms with Crippen LogP contribution in [0.3, 0.4) is 0 Å². The van der Waals surface area contributed by atoms with Crippen LogP contribution in [0.1, 0.15) is 18.4 Å². The summed E-state index contributed by atoms with van der Waals surface area (Å²) in [6.07, 6.45) is 1.16. The van der Waals surface area contributed by atoms with E-state index in [1.165, 1.54) is 13.2 Å². The van der Waals surface area contributed by atoms with Gasteiger partial charge in [-0.1, -0.05) is 0 Å². The molecule has 1 aromatic carbocycles. The average Bonchev–Trinajstić information content (AvgIpc) is 2.62. The van der Waals surface area contributed by atoms with Gasteiger partial charge in [0.05, 0.1) is 7.11 Å². The van der Waals surface area contributed by atoms with Gasteiger partial charge in [0.2, 0.25) is 0 Å². The third kappa shape index (κ3) is 4.11. The fraction of sp³-hybridized carbons (Fsp3) is 0.611. The van der Waals surface area contributed by atoms with Gasteiger partial charge in [-0.3, -0.25) is 9.69 Å². The predicted molar refractivity (Wildman–Crippen MR) is 91.9 cm³/mol. The minimum Gasteiger partial charge on any atom is -0.497 e. The number of aliphatic hydroxyl groups is 1. The molecule has 0 bridgehead atoms. The Balaban J connectivity index is 1.71. The van der Waals surface area contributed by atoms with Gasteiger partial charge in [0.1, 0.15) is 11.6 Å². The Morgan fingerprint density at radius 1 is 1.32 bits per heavy atom. The number of hydrogen-bond acceptors (Lipinski definition) is 5. The minimum absolute atomic E-state index is 0.145. The van der Waals surface area contributed by atoms with Crippen LogP contribution in [0, 0.1) is 5.82 Å². The molecule has 7 heteroatoms. The van der Waals surface area contributed by atoms with E-state index in [4.69, 9.17) is 4.74 Å². The molecule has 1 atom stereocenters. The van der Waals surface area contributed by atoms with Crippen molar-refractivity contribution in [2.24, 2.45) is 0 Å². The normalized spacial score (nSPS) is 25.2. The molecule has 2 aliphatic rings. The van der Waals surface area contributed by atoms with E-state index in [2.05, 4.69) is 10.2 Å². The number of piperazine rings is 1. The van der Waals surface area contributed by atoms with Crippen LogP contribution < -0.4 is 10.1 Å². The van der Waals surface area contributed by atoms with E-state index in [1.54, 1.807) is 17.0 Å². The first-order valence-corrected chi connectivity index (χ1v) is 8.79. The van der Waals surface area contributed by atoms with E-state index in [-0.39, 0.29) is 18.3 Å². The summed E-state index contributed by atoms with van der Waals surface area (Å²) in [6.45, 7) is 4.38. The van der Waals surface area contributed by atoms with Crippen LogP contribution in [0.15, 0.2) is 18.2 Å². The third-order valence-corrected chi connectivity index (χ3v) is 5.01. The highest BCUT2D eigenvalue weighted by atomic mass is 19.1. The van der Waals surface area contributed by atoms with E-state index in [0.717, 1.165) is 26.2 Å². The van der Waals surface area contributed by atoms with Crippen LogP contribution in [-0.2, 0) is 11.3 Å². The first-order chi connectivity index (χ1) is 12.0. The molecule has 138 valence electrons. The molecule has 2 heterocycles. The molecule has 6 nitrogen and oxygen atoms in total. The summed E-state index contributed by atoms with van der Waals surface area (Å²) in [4.78, 5) is 16.5. The largest absolute Gasteiger partial charge is 0.497 e. The molecule has 2 N–H and O–H groups in total. The van der Waals surface area contributed by atoms with Crippen molar-refractivity contribution in [2.75, 3.05) is 46.4 Å². The zero-order chi connectivity index (χ0) is 17.9. The van der Waals surface area contributed by atoms with Crippen LogP contribution in [-0.4, -0.2) is 72.8 Å². The number of hydrogen-bond donors (Lipinski definition) is 2. The summed E-state index contributed by atoms with van der Waals surface area (Å²) in [5.41, 5.74) is -0.982. The van der Waals surface area contributed by atoms with Crippen molar-refractivity contribution < 1.29 is 19.0 Å². The maximum atomic E-state index is 14.1. The van der Waals surface area contributed by atoms with Crippen molar-refractivity contribution in [1.82, 2.24) is 15.1 Å². The Hall–Kier alpha value is -1.70. The molecule has 0 unspecified atom stereocenters. The Bertz CT molecular complexity index is 622. The van der Waals surface area contributed by atoms with Gasteiger partial charge >= 0.3 is 0 Å².